The lowest BCUT2D eigenvalue weighted by Crippen LogP contribution is -2.23. The third kappa shape index (κ3) is 5.56. The molecule has 0 unspecified atom stereocenters. The Morgan fingerprint density at radius 1 is 1.17 bits per heavy atom. The van der Waals surface area contributed by atoms with E-state index in [0.29, 0.717) is 23.0 Å². The molecule has 0 saturated carbocycles. The van der Waals surface area contributed by atoms with Gasteiger partial charge in [0.1, 0.15) is 5.75 Å². The SMILES string of the molecule is COc1ccc(-c2noc(CCC(=O)NCc3cccc(C(F)(F)F)c3)n2)cc1. The third-order valence-electron chi connectivity index (χ3n) is 4.13. The summed E-state index contributed by atoms with van der Waals surface area (Å²) in [5.74, 6) is 1.07. The lowest BCUT2D eigenvalue weighted by Gasteiger charge is -2.09. The second kappa shape index (κ2) is 8.76. The molecule has 29 heavy (non-hydrogen) atoms. The van der Waals surface area contributed by atoms with Crippen molar-refractivity contribution in [3.63, 3.8) is 0 Å². The molecule has 0 saturated heterocycles. The van der Waals surface area contributed by atoms with Crippen molar-refractivity contribution in [2.45, 2.75) is 25.6 Å². The van der Waals surface area contributed by atoms with E-state index in [1.54, 1.807) is 31.4 Å². The van der Waals surface area contributed by atoms with Crippen molar-refractivity contribution in [1.82, 2.24) is 15.5 Å². The summed E-state index contributed by atoms with van der Waals surface area (Å²) in [6.07, 6.45) is -4.12. The Labute approximate surface area is 164 Å². The number of amides is 1. The molecule has 0 aliphatic rings. The fraction of sp³-hybridized carbons (Fsp3) is 0.250. The smallest absolute Gasteiger partial charge is 0.416 e. The van der Waals surface area contributed by atoms with E-state index < -0.39 is 11.7 Å². The first-order chi connectivity index (χ1) is 13.8. The van der Waals surface area contributed by atoms with Crippen LogP contribution >= 0.6 is 0 Å². The molecule has 3 aromatic rings. The first-order valence-electron chi connectivity index (χ1n) is 8.75. The molecule has 0 spiro atoms. The van der Waals surface area contributed by atoms with Gasteiger partial charge in [0.15, 0.2) is 0 Å². The highest BCUT2D eigenvalue weighted by Crippen LogP contribution is 2.29. The Bertz CT molecular complexity index is 969. The Kier molecular flexibility index (Phi) is 6.16. The quantitative estimate of drug-likeness (QED) is 0.643. The maximum absolute atomic E-state index is 12.7. The number of methoxy groups -OCH3 is 1. The summed E-state index contributed by atoms with van der Waals surface area (Å²) in [4.78, 5) is 16.2. The summed E-state index contributed by atoms with van der Waals surface area (Å²) in [7, 11) is 1.57. The fourth-order valence-corrected chi connectivity index (χ4v) is 2.58. The van der Waals surface area contributed by atoms with Gasteiger partial charge in [0.2, 0.25) is 17.6 Å². The van der Waals surface area contributed by atoms with Gasteiger partial charge in [0, 0.05) is 24.9 Å². The van der Waals surface area contributed by atoms with Gasteiger partial charge in [-0.1, -0.05) is 17.3 Å². The molecule has 1 heterocycles. The van der Waals surface area contributed by atoms with Crippen LogP contribution in [0.4, 0.5) is 13.2 Å². The number of halogens is 3. The number of rotatable bonds is 7. The number of aromatic nitrogens is 2. The normalized spacial score (nSPS) is 11.3. The van der Waals surface area contributed by atoms with Crippen LogP contribution in [0.15, 0.2) is 53.1 Å². The number of hydrogen-bond acceptors (Lipinski definition) is 5. The van der Waals surface area contributed by atoms with Gasteiger partial charge in [-0.05, 0) is 42.0 Å². The number of carbonyl (C=O) groups is 1. The molecule has 1 aromatic heterocycles. The zero-order valence-corrected chi connectivity index (χ0v) is 15.5. The molecular weight excluding hydrogens is 387 g/mol. The van der Waals surface area contributed by atoms with Crippen LogP contribution in [0.2, 0.25) is 0 Å². The van der Waals surface area contributed by atoms with E-state index >= 15 is 0 Å². The van der Waals surface area contributed by atoms with Crippen LogP contribution in [0.25, 0.3) is 11.4 Å². The Balaban J connectivity index is 1.50. The molecule has 9 heteroatoms. The molecule has 6 nitrogen and oxygen atoms in total. The number of aryl methyl sites for hydroxylation is 1. The van der Waals surface area contributed by atoms with Crippen LogP contribution in [0, 0.1) is 0 Å². The minimum Gasteiger partial charge on any atom is -0.497 e. The van der Waals surface area contributed by atoms with Gasteiger partial charge in [0.05, 0.1) is 12.7 Å². The zero-order valence-electron chi connectivity index (χ0n) is 15.5. The van der Waals surface area contributed by atoms with Crippen LogP contribution in [-0.2, 0) is 23.9 Å². The van der Waals surface area contributed by atoms with Crippen LogP contribution in [-0.4, -0.2) is 23.2 Å². The molecule has 2 aromatic carbocycles. The zero-order chi connectivity index (χ0) is 20.9. The van der Waals surface area contributed by atoms with E-state index in [4.69, 9.17) is 9.26 Å². The summed E-state index contributed by atoms with van der Waals surface area (Å²) in [5.41, 5.74) is 0.365. The van der Waals surface area contributed by atoms with E-state index in [0.717, 1.165) is 17.7 Å². The maximum Gasteiger partial charge on any atom is 0.416 e. The molecule has 0 bridgehead atoms. The average molecular weight is 405 g/mol. The number of benzene rings is 2. The monoisotopic (exact) mass is 405 g/mol. The van der Waals surface area contributed by atoms with Crippen LogP contribution in [0.3, 0.4) is 0 Å². The average Bonchev–Trinajstić information content (AvgIpc) is 3.19. The number of alkyl halides is 3. The Morgan fingerprint density at radius 3 is 2.62 bits per heavy atom. The van der Waals surface area contributed by atoms with E-state index in [1.165, 1.54) is 12.1 Å². The minimum atomic E-state index is -4.42. The first kappa shape index (κ1) is 20.4. The summed E-state index contributed by atoms with van der Waals surface area (Å²) >= 11 is 0. The van der Waals surface area contributed by atoms with E-state index in [-0.39, 0.29) is 25.3 Å². The predicted octanol–water partition coefficient (Wildman–Crippen LogP) is 4.01. The molecule has 0 aliphatic heterocycles. The number of carbonyl (C=O) groups excluding carboxylic acids is 1. The van der Waals surface area contributed by atoms with E-state index in [1.807, 2.05) is 0 Å². The fourth-order valence-electron chi connectivity index (χ4n) is 2.58. The molecular formula is C20H18F3N3O3. The second-order valence-electron chi connectivity index (χ2n) is 6.22. The van der Waals surface area contributed by atoms with Crippen molar-refractivity contribution in [2.24, 2.45) is 0 Å². The lowest BCUT2D eigenvalue weighted by atomic mass is 10.1. The first-order valence-corrected chi connectivity index (χ1v) is 8.75. The van der Waals surface area contributed by atoms with Crippen LogP contribution < -0.4 is 10.1 Å². The largest absolute Gasteiger partial charge is 0.497 e. The predicted molar refractivity (Wildman–Crippen MR) is 97.9 cm³/mol. The molecule has 1 N–H and O–H groups in total. The van der Waals surface area contributed by atoms with Crippen molar-refractivity contribution in [3.05, 3.63) is 65.5 Å². The number of hydrogen-bond donors (Lipinski definition) is 1. The van der Waals surface area contributed by atoms with E-state index in [9.17, 15) is 18.0 Å². The molecule has 152 valence electrons. The molecule has 1 amide bonds. The van der Waals surface area contributed by atoms with Crippen molar-refractivity contribution < 1.29 is 27.2 Å². The standard InChI is InChI=1S/C20H18F3N3O3/c1-28-16-7-5-14(6-8-16)19-25-18(29-26-19)10-9-17(27)24-12-13-3-2-4-15(11-13)20(21,22)23/h2-8,11H,9-10,12H2,1H3,(H,24,27). The topological polar surface area (TPSA) is 77.2 Å². The van der Waals surface area contributed by atoms with Gasteiger partial charge >= 0.3 is 6.18 Å². The summed E-state index contributed by atoms with van der Waals surface area (Å²) in [6, 6.07) is 11.9. The van der Waals surface area contributed by atoms with Crippen molar-refractivity contribution >= 4 is 5.91 Å². The van der Waals surface area contributed by atoms with E-state index in [2.05, 4.69) is 15.5 Å². The number of nitrogens with one attached hydrogen (secondary N) is 1. The summed E-state index contributed by atoms with van der Waals surface area (Å²) in [6.45, 7) is 0.00366. The molecule has 0 radical (unpaired) electrons. The highest BCUT2D eigenvalue weighted by atomic mass is 19.4. The molecule has 3 rings (SSSR count). The van der Waals surface area contributed by atoms with Gasteiger partial charge in [-0.25, -0.2) is 0 Å². The second-order valence-corrected chi connectivity index (χ2v) is 6.22. The molecule has 0 atom stereocenters. The highest BCUT2D eigenvalue weighted by Gasteiger charge is 2.30. The van der Waals surface area contributed by atoms with Crippen LogP contribution in [0.5, 0.6) is 5.75 Å². The lowest BCUT2D eigenvalue weighted by molar-refractivity contribution is -0.137. The number of nitrogens with zero attached hydrogens (tertiary/aromatic N) is 2. The molecule has 0 aliphatic carbocycles. The Hall–Kier alpha value is -3.36. The summed E-state index contributed by atoms with van der Waals surface area (Å²) < 4.78 is 48.4. The van der Waals surface area contributed by atoms with Crippen LogP contribution in [0.1, 0.15) is 23.4 Å². The van der Waals surface area contributed by atoms with Gasteiger partial charge in [-0.15, -0.1) is 0 Å². The van der Waals surface area contributed by atoms with Gasteiger partial charge in [0.25, 0.3) is 0 Å². The van der Waals surface area contributed by atoms with Gasteiger partial charge in [-0.3, -0.25) is 4.79 Å². The third-order valence-corrected chi connectivity index (χ3v) is 4.13. The Morgan fingerprint density at radius 2 is 1.93 bits per heavy atom. The van der Waals surface area contributed by atoms with Gasteiger partial charge < -0.3 is 14.6 Å². The highest BCUT2D eigenvalue weighted by molar-refractivity contribution is 5.76. The van der Waals surface area contributed by atoms with Gasteiger partial charge in [-0.2, -0.15) is 18.2 Å². The molecule has 0 fully saturated rings. The summed E-state index contributed by atoms with van der Waals surface area (Å²) in [5, 5.41) is 6.47. The minimum absolute atomic E-state index is 0.00366. The van der Waals surface area contributed by atoms with Crippen molar-refractivity contribution in [3.8, 4) is 17.1 Å². The maximum atomic E-state index is 12.7. The number of ether oxygens (including phenoxy) is 1. The van der Waals surface area contributed by atoms with Crippen molar-refractivity contribution in [2.75, 3.05) is 7.11 Å². The van der Waals surface area contributed by atoms with Crippen molar-refractivity contribution in [1.29, 1.82) is 0 Å².